The zero-order valence-corrected chi connectivity index (χ0v) is 17.4. The molecule has 0 spiro atoms. The van der Waals surface area contributed by atoms with E-state index in [9.17, 15) is 9.59 Å². The highest BCUT2D eigenvalue weighted by molar-refractivity contribution is 7.08. The largest absolute Gasteiger partial charge is 0.338 e. The van der Waals surface area contributed by atoms with Crippen LogP contribution < -0.4 is 10.6 Å². The normalized spacial score (nSPS) is 17.1. The standard InChI is InChI=1S/C21H25N3O2S.ClH/c25-20(16-9-12-27-14-16)23-19-4-2-1-3-18(19)21(26)24-10-7-17(8-11-24)22-13-15-5-6-15;/h1-4,9,12,14-15,17,22H,5-8,10-11,13H2,(H,23,25);1H. The van der Waals surface area contributed by atoms with Gasteiger partial charge in [-0.05, 0) is 61.7 Å². The molecule has 2 N–H and O–H groups in total. The molecule has 4 rings (SSSR count). The van der Waals surface area contributed by atoms with E-state index in [2.05, 4.69) is 10.6 Å². The lowest BCUT2D eigenvalue weighted by Gasteiger charge is -2.33. The van der Waals surface area contributed by atoms with E-state index in [1.165, 1.54) is 24.2 Å². The summed E-state index contributed by atoms with van der Waals surface area (Å²) in [6.45, 7) is 2.64. The lowest BCUT2D eigenvalue weighted by atomic mass is 10.0. The fourth-order valence-electron chi connectivity index (χ4n) is 3.48. The van der Waals surface area contributed by atoms with Gasteiger partial charge in [-0.15, -0.1) is 12.4 Å². The van der Waals surface area contributed by atoms with Crippen molar-refractivity contribution in [1.82, 2.24) is 10.2 Å². The van der Waals surface area contributed by atoms with Crippen molar-refractivity contribution in [3.05, 3.63) is 52.2 Å². The van der Waals surface area contributed by atoms with Crippen LogP contribution in [0, 0.1) is 5.92 Å². The average molecular weight is 420 g/mol. The number of amides is 2. The number of nitrogens with one attached hydrogen (secondary N) is 2. The smallest absolute Gasteiger partial charge is 0.256 e. The lowest BCUT2D eigenvalue weighted by Crippen LogP contribution is -2.45. The molecule has 1 saturated heterocycles. The number of hydrogen-bond acceptors (Lipinski definition) is 4. The molecule has 1 aromatic heterocycles. The molecule has 1 saturated carbocycles. The Labute approximate surface area is 175 Å². The second kappa shape index (κ2) is 9.54. The van der Waals surface area contributed by atoms with E-state index < -0.39 is 0 Å². The highest BCUT2D eigenvalue weighted by atomic mass is 35.5. The van der Waals surface area contributed by atoms with Crippen LogP contribution in [-0.4, -0.2) is 42.4 Å². The molecule has 2 fully saturated rings. The van der Waals surface area contributed by atoms with E-state index >= 15 is 0 Å². The molecule has 0 unspecified atom stereocenters. The molecular weight excluding hydrogens is 394 g/mol. The number of carbonyl (C=O) groups excluding carboxylic acids is 2. The molecule has 0 radical (unpaired) electrons. The third-order valence-corrected chi connectivity index (χ3v) is 6.05. The second-order valence-electron chi connectivity index (χ2n) is 7.43. The Balaban J connectivity index is 0.00000225. The van der Waals surface area contributed by atoms with Gasteiger partial charge in [0.25, 0.3) is 11.8 Å². The number of para-hydroxylation sites is 1. The molecule has 150 valence electrons. The number of halogens is 1. The molecular formula is C21H26ClN3O2S. The van der Waals surface area contributed by atoms with Gasteiger partial charge < -0.3 is 15.5 Å². The summed E-state index contributed by atoms with van der Waals surface area (Å²) in [5, 5.41) is 10.2. The van der Waals surface area contributed by atoms with Gasteiger partial charge in [-0.1, -0.05) is 12.1 Å². The minimum absolute atomic E-state index is 0. The molecule has 2 aromatic rings. The van der Waals surface area contributed by atoms with Crippen molar-refractivity contribution in [3.63, 3.8) is 0 Å². The van der Waals surface area contributed by atoms with Gasteiger partial charge in [-0.2, -0.15) is 11.3 Å². The minimum Gasteiger partial charge on any atom is -0.338 e. The zero-order valence-electron chi connectivity index (χ0n) is 15.7. The maximum absolute atomic E-state index is 13.0. The van der Waals surface area contributed by atoms with Crippen LogP contribution in [0.2, 0.25) is 0 Å². The first kappa shape index (κ1) is 20.8. The Bertz CT molecular complexity index is 800. The number of likely N-dealkylation sites (tertiary alicyclic amines) is 1. The SMILES string of the molecule is Cl.O=C(Nc1ccccc1C(=O)N1CCC(NCC2CC2)CC1)c1ccsc1. The maximum atomic E-state index is 13.0. The Kier molecular flexibility index (Phi) is 7.10. The van der Waals surface area contributed by atoms with Gasteiger partial charge in [0.15, 0.2) is 0 Å². The molecule has 28 heavy (non-hydrogen) atoms. The molecule has 5 nitrogen and oxygen atoms in total. The van der Waals surface area contributed by atoms with E-state index in [1.54, 1.807) is 23.6 Å². The van der Waals surface area contributed by atoms with Crippen molar-refractivity contribution < 1.29 is 9.59 Å². The average Bonchev–Trinajstić information content (AvgIpc) is 3.37. The molecule has 2 heterocycles. The first-order valence-corrected chi connectivity index (χ1v) is 10.6. The van der Waals surface area contributed by atoms with Gasteiger partial charge in [-0.25, -0.2) is 0 Å². The van der Waals surface area contributed by atoms with Crippen molar-refractivity contribution in [2.45, 2.75) is 31.7 Å². The van der Waals surface area contributed by atoms with Gasteiger partial charge in [0.2, 0.25) is 0 Å². The summed E-state index contributed by atoms with van der Waals surface area (Å²) >= 11 is 1.48. The van der Waals surface area contributed by atoms with Crippen LogP contribution in [0.5, 0.6) is 0 Å². The summed E-state index contributed by atoms with van der Waals surface area (Å²) in [6.07, 6.45) is 4.69. The highest BCUT2D eigenvalue weighted by Crippen LogP contribution is 2.28. The van der Waals surface area contributed by atoms with Gasteiger partial charge in [-0.3, -0.25) is 9.59 Å². The van der Waals surface area contributed by atoms with Crippen LogP contribution in [0.1, 0.15) is 46.4 Å². The summed E-state index contributed by atoms with van der Waals surface area (Å²) in [5.74, 6) is 0.694. The summed E-state index contributed by atoms with van der Waals surface area (Å²) in [7, 11) is 0. The van der Waals surface area contributed by atoms with Crippen LogP contribution in [0.4, 0.5) is 5.69 Å². The summed E-state index contributed by atoms with van der Waals surface area (Å²) in [6, 6.07) is 9.57. The van der Waals surface area contributed by atoms with E-state index in [0.29, 0.717) is 22.9 Å². The Hall–Kier alpha value is -1.89. The summed E-state index contributed by atoms with van der Waals surface area (Å²) in [5.41, 5.74) is 1.75. The van der Waals surface area contributed by atoms with Crippen LogP contribution in [-0.2, 0) is 0 Å². The quantitative estimate of drug-likeness (QED) is 0.743. The fraction of sp³-hybridized carbons (Fsp3) is 0.429. The number of thiophene rings is 1. The fourth-order valence-corrected chi connectivity index (χ4v) is 4.12. The van der Waals surface area contributed by atoms with Gasteiger partial charge in [0, 0.05) is 24.5 Å². The van der Waals surface area contributed by atoms with Gasteiger partial charge in [0.1, 0.15) is 0 Å². The lowest BCUT2D eigenvalue weighted by molar-refractivity contribution is 0.0706. The van der Waals surface area contributed by atoms with E-state index in [1.807, 2.05) is 22.4 Å². The molecule has 1 aromatic carbocycles. The van der Waals surface area contributed by atoms with Crippen LogP contribution in [0.15, 0.2) is 41.1 Å². The predicted molar refractivity (Wildman–Crippen MR) is 116 cm³/mol. The van der Waals surface area contributed by atoms with Crippen molar-refractivity contribution in [3.8, 4) is 0 Å². The first-order valence-electron chi connectivity index (χ1n) is 9.66. The predicted octanol–water partition coefficient (Wildman–Crippen LogP) is 4.03. The van der Waals surface area contributed by atoms with Crippen LogP contribution in [0.3, 0.4) is 0 Å². The molecule has 2 aliphatic rings. The third kappa shape index (κ3) is 5.13. The van der Waals surface area contributed by atoms with Crippen LogP contribution in [0.25, 0.3) is 0 Å². The number of hydrogen-bond donors (Lipinski definition) is 2. The second-order valence-corrected chi connectivity index (χ2v) is 8.21. The zero-order chi connectivity index (χ0) is 18.6. The van der Waals surface area contributed by atoms with Gasteiger partial charge >= 0.3 is 0 Å². The molecule has 0 bridgehead atoms. The molecule has 1 aliphatic heterocycles. The number of carbonyl (C=O) groups is 2. The van der Waals surface area contributed by atoms with Gasteiger partial charge in [0.05, 0.1) is 16.8 Å². The number of piperidine rings is 1. The first-order chi connectivity index (χ1) is 13.2. The monoisotopic (exact) mass is 419 g/mol. The topological polar surface area (TPSA) is 61.4 Å². The Morgan fingerprint density at radius 2 is 1.82 bits per heavy atom. The molecule has 7 heteroatoms. The Morgan fingerprint density at radius 3 is 2.50 bits per heavy atom. The maximum Gasteiger partial charge on any atom is 0.256 e. The molecule has 0 atom stereocenters. The molecule has 2 amide bonds. The number of nitrogens with zero attached hydrogens (tertiary/aromatic N) is 1. The van der Waals surface area contributed by atoms with Crippen molar-refractivity contribution in [2.24, 2.45) is 5.92 Å². The summed E-state index contributed by atoms with van der Waals surface area (Å²) in [4.78, 5) is 27.3. The van der Waals surface area contributed by atoms with Crippen LogP contribution >= 0.6 is 23.7 Å². The van der Waals surface area contributed by atoms with Crippen molar-refractivity contribution in [2.75, 3.05) is 25.0 Å². The number of benzene rings is 1. The minimum atomic E-state index is -0.181. The third-order valence-electron chi connectivity index (χ3n) is 5.36. The number of anilines is 1. The van der Waals surface area contributed by atoms with E-state index in [0.717, 1.165) is 38.4 Å². The number of rotatable bonds is 6. The summed E-state index contributed by atoms with van der Waals surface area (Å²) < 4.78 is 0. The highest BCUT2D eigenvalue weighted by Gasteiger charge is 2.27. The Morgan fingerprint density at radius 1 is 1.07 bits per heavy atom. The van der Waals surface area contributed by atoms with Crippen molar-refractivity contribution in [1.29, 1.82) is 0 Å². The van der Waals surface area contributed by atoms with E-state index in [-0.39, 0.29) is 24.2 Å². The molecule has 1 aliphatic carbocycles. The van der Waals surface area contributed by atoms with Crippen molar-refractivity contribution >= 4 is 41.2 Å². The van der Waals surface area contributed by atoms with E-state index in [4.69, 9.17) is 0 Å².